The van der Waals surface area contributed by atoms with E-state index in [0.29, 0.717) is 24.4 Å². The summed E-state index contributed by atoms with van der Waals surface area (Å²) in [5.41, 5.74) is 3.76. The minimum absolute atomic E-state index is 0.0551. The second-order valence-corrected chi connectivity index (χ2v) is 5.66. The first-order valence-electron chi connectivity index (χ1n) is 7.93. The van der Waals surface area contributed by atoms with Gasteiger partial charge in [0.2, 0.25) is 0 Å². The van der Waals surface area contributed by atoms with E-state index in [1.165, 1.54) is 0 Å². The van der Waals surface area contributed by atoms with Gasteiger partial charge in [-0.25, -0.2) is 9.97 Å². The third-order valence-corrected chi connectivity index (χ3v) is 3.72. The second-order valence-electron chi connectivity index (χ2n) is 5.66. The highest BCUT2D eigenvalue weighted by molar-refractivity contribution is 5.94. The zero-order valence-electron chi connectivity index (χ0n) is 13.6. The summed E-state index contributed by atoms with van der Waals surface area (Å²) in [5.74, 6) is 0.656. The largest absolute Gasteiger partial charge is 0.352 e. The molecule has 3 rings (SSSR count). The quantitative estimate of drug-likeness (QED) is 0.784. The fourth-order valence-electron chi connectivity index (χ4n) is 2.43. The number of hydrogen-bond donors (Lipinski definition) is 1. The first-order valence-corrected chi connectivity index (χ1v) is 7.93. The average molecular weight is 317 g/mol. The molecular weight excluding hydrogens is 298 g/mol. The highest BCUT2D eigenvalue weighted by Crippen LogP contribution is 2.13. The number of benzene rings is 2. The molecule has 0 aliphatic carbocycles. The van der Waals surface area contributed by atoms with Gasteiger partial charge in [0.05, 0.1) is 0 Å². The molecule has 120 valence electrons. The fourth-order valence-corrected chi connectivity index (χ4v) is 2.43. The molecule has 0 aliphatic heterocycles. The Balaban J connectivity index is 1.55. The van der Waals surface area contributed by atoms with Gasteiger partial charge in [-0.05, 0) is 31.0 Å². The molecule has 0 saturated carbocycles. The monoisotopic (exact) mass is 317 g/mol. The average Bonchev–Trinajstić information content (AvgIpc) is 2.63. The highest BCUT2D eigenvalue weighted by atomic mass is 16.1. The van der Waals surface area contributed by atoms with Gasteiger partial charge in [-0.2, -0.15) is 0 Å². The zero-order valence-corrected chi connectivity index (χ0v) is 13.6. The van der Waals surface area contributed by atoms with E-state index in [-0.39, 0.29) is 5.91 Å². The maximum absolute atomic E-state index is 12.1. The number of rotatable bonds is 5. The van der Waals surface area contributed by atoms with Crippen LogP contribution >= 0.6 is 0 Å². The van der Waals surface area contributed by atoms with Gasteiger partial charge < -0.3 is 5.32 Å². The first kappa shape index (κ1) is 15.9. The summed E-state index contributed by atoms with van der Waals surface area (Å²) in [6, 6.07) is 17.4. The van der Waals surface area contributed by atoms with Crippen molar-refractivity contribution in [2.24, 2.45) is 0 Å². The van der Waals surface area contributed by atoms with E-state index < -0.39 is 0 Å². The first-order chi connectivity index (χ1) is 11.7. The summed E-state index contributed by atoms with van der Waals surface area (Å²) >= 11 is 0. The van der Waals surface area contributed by atoms with Crippen LogP contribution in [-0.2, 0) is 6.42 Å². The van der Waals surface area contributed by atoms with Crippen molar-refractivity contribution in [3.63, 3.8) is 0 Å². The van der Waals surface area contributed by atoms with Crippen molar-refractivity contribution in [2.45, 2.75) is 13.3 Å². The van der Waals surface area contributed by atoms with Gasteiger partial charge in [0, 0.05) is 30.1 Å². The maximum atomic E-state index is 12.1. The molecule has 0 fully saturated rings. The Bertz CT molecular complexity index is 814. The fraction of sp³-hybridized carbons (Fsp3) is 0.150. The maximum Gasteiger partial charge on any atom is 0.251 e. The molecule has 24 heavy (non-hydrogen) atoms. The number of amides is 1. The number of hydrogen-bond acceptors (Lipinski definition) is 3. The molecule has 0 spiro atoms. The number of aryl methyl sites for hydroxylation is 1. The molecule has 0 saturated heterocycles. The van der Waals surface area contributed by atoms with Crippen LogP contribution in [0.25, 0.3) is 11.4 Å². The van der Waals surface area contributed by atoms with Crippen molar-refractivity contribution in [1.29, 1.82) is 0 Å². The Morgan fingerprint density at radius 2 is 1.75 bits per heavy atom. The normalized spacial score (nSPS) is 10.4. The van der Waals surface area contributed by atoms with Crippen LogP contribution in [0.1, 0.15) is 21.5 Å². The predicted octanol–water partition coefficient (Wildman–Crippen LogP) is 3.42. The summed E-state index contributed by atoms with van der Waals surface area (Å²) in [5, 5.41) is 2.93. The van der Waals surface area contributed by atoms with Crippen molar-refractivity contribution in [1.82, 2.24) is 15.3 Å². The molecule has 4 heteroatoms. The van der Waals surface area contributed by atoms with Crippen molar-refractivity contribution in [3.8, 4) is 11.4 Å². The Morgan fingerprint density at radius 3 is 2.46 bits per heavy atom. The van der Waals surface area contributed by atoms with Gasteiger partial charge in [0.25, 0.3) is 5.91 Å². The number of carbonyl (C=O) groups excluding carboxylic acids is 1. The van der Waals surface area contributed by atoms with Crippen LogP contribution in [-0.4, -0.2) is 22.4 Å². The van der Waals surface area contributed by atoms with Crippen LogP contribution in [0.3, 0.4) is 0 Å². The van der Waals surface area contributed by atoms with E-state index in [1.54, 1.807) is 0 Å². The lowest BCUT2D eigenvalue weighted by atomic mass is 10.1. The van der Waals surface area contributed by atoms with Crippen molar-refractivity contribution >= 4 is 5.91 Å². The summed E-state index contributed by atoms with van der Waals surface area (Å²) in [7, 11) is 0. The molecule has 0 unspecified atom stereocenters. The number of nitrogens with zero attached hydrogens (tertiary/aromatic N) is 2. The van der Waals surface area contributed by atoms with Crippen LogP contribution < -0.4 is 5.32 Å². The molecule has 3 aromatic rings. The minimum atomic E-state index is -0.0551. The summed E-state index contributed by atoms with van der Waals surface area (Å²) in [4.78, 5) is 20.9. The molecule has 4 nitrogen and oxygen atoms in total. The van der Waals surface area contributed by atoms with Crippen LogP contribution in [0.5, 0.6) is 0 Å². The van der Waals surface area contributed by atoms with Gasteiger partial charge in [-0.3, -0.25) is 4.79 Å². The van der Waals surface area contributed by atoms with Gasteiger partial charge >= 0.3 is 0 Å². The van der Waals surface area contributed by atoms with Crippen LogP contribution in [0.15, 0.2) is 67.0 Å². The van der Waals surface area contributed by atoms with Gasteiger partial charge in [0.15, 0.2) is 5.82 Å². The highest BCUT2D eigenvalue weighted by Gasteiger charge is 2.05. The minimum Gasteiger partial charge on any atom is -0.352 e. The lowest BCUT2D eigenvalue weighted by Gasteiger charge is -2.06. The third kappa shape index (κ3) is 4.04. The molecule has 2 aromatic carbocycles. The van der Waals surface area contributed by atoms with E-state index in [4.69, 9.17) is 0 Å². The summed E-state index contributed by atoms with van der Waals surface area (Å²) in [6.07, 6.45) is 4.33. The number of carbonyl (C=O) groups is 1. The Labute approximate surface area is 141 Å². The van der Waals surface area contributed by atoms with E-state index in [2.05, 4.69) is 15.3 Å². The molecule has 1 aromatic heterocycles. The third-order valence-electron chi connectivity index (χ3n) is 3.72. The molecule has 0 aliphatic rings. The van der Waals surface area contributed by atoms with E-state index in [9.17, 15) is 4.79 Å². The van der Waals surface area contributed by atoms with Gasteiger partial charge in [-0.1, -0.05) is 48.0 Å². The van der Waals surface area contributed by atoms with Crippen molar-refractivity contribution in [3.05, 3.63) is 83.7 Å². The van der Waals surface area contributed by atoms with Crippen molar-refractivity contribution in [2.75, 3.05) is 6.54 Å². The molecule has 1 heterocycles. The summed E-state index contributed by atoms with van der Waals surface area (Å²) < 4.78 is 0. The van der Waals surface area contributed by atoms with Crippen LogP contribution in [0, 0.1) is 6.92 Å². The van der Waals surface area contributed by atoms with Gasteiger partial charge in [-0.15, -0.1) is 0 Å². The van der Waals surface area contributed by atoms with Crippen LogP contribution in [0.2, 0.25) is 0 Å². The Hall–Kier alpha value is -3.01. The molecule has 0 radical (unpaired) electrons. The van der Waals surface area contributed by atoms with Crippen molar-refractivity contribution < 1.29 is 4.79 Å². The SMILES string of the molecule is Cc1cccc(C(=O)NCCc2cnc(-c3ccccc3)nc2)c1. The molecule has 1 N–H and O–H groups in total. The molecule has 0 atom stereocenters. The summed E-state index contributed by atoms with van der Waals surface area (Å²) in [6.45, 7) is 2.53. The lowest BCUT2D eigenvalue weighted by Crippen LogP contribution is -2.25. The molecular formula is C20H19N3O. The standard InChI is InChI=1S/C20H19N3O/c1-15-6-5-9-18(12-15)20(24)21-11-10-16-13-22-19(23-14-16)17-7-3-2-4-8-17/h2-9,12-14H,10-11H2,1H3,(H,21,24). The number of nitrogens with one attached hydrogen (secondary N) is 1. The zero-order chi connectivity index (χ0) is 16.8. The topological polar surface area (TPSA) is 54.9 Å². The van der Waals surface area contributed by atoms with E-state index in [1.807, 2.05) is 73.9 Å². The smallest absolute Gasteiger partial charge is 0.251 e. The predicted molar refractivity (Wildman–Crippen MR) is 94.7 cm³/mol. The van der Waals surface area contributed by atoms with Gasteiger partial charge in [0.1, 0.15) is 0 Å². The number of aromatic nitrogens is 2. The Morgan fingerprint density at radius 1 is 1.00 bits per heavy atom. The second kappa shape index (κ2) is 7.51. The van der Waals surface area contributed by atoms with Crippen LogP contribution in [0.4, 0.5) is 0 Å². The lowest BCUT2D eigenvalue weighted by molar-refractivity contribution is 0.0954. The van der Waals surface area contributed by atoms with E-state index in [0.717, 1.165) is 16.7 Å². The molecule has 1 amide bonds. The Kier molecular flexibility index (Phi) is 4.96. The van der Waals surface area contributed by atoms with E-state index >= 15 is 0 Å². The molecule has 0 bridgehead atoms.